The topological polar surface area (TPSA) is 38.3 Å². The highest BCUT2D eigenvalue weighted by atomic mass is 79.9. The van der Waals surface area contributed by atoms with Crippen LogP contribution in [0.25, 0.3) is 0 Å². The molecule has 1 N–H and O–H groups in total. The minimum absolute atomic E-state index is 0.298. The first-order valence-corrected chi connectivity index (χ1v) is 8.53. The highest BCUT2D eigenvalue weighted by Gasteiger charge is 2.20. The second-order valence-electron chi connectivity index (χ2n) is 5.82. The average molecular weight is 354 g/mol. The number of rotatable bonds is 5. The van der Waals surface area contributed by atoms with Gasteiger partial charge in [-0.1, -0.05) is 48.2 Å². The van der Waals surface area contributed by atoms with Crippen LogP contribution >= 0.6 is 15.9 Å². The van der Waals surface area contributed by atoms with Gasteiger partial charge < -0.3 is 10.1 Å². The summed E-state index contributed by atoms with van der Waals surface area (Å²) in [6.07, 6.45) is 6.56. The maximum Gasteiger partial charge on any atom is 0.337 e. The van der Waals surface area contributed by atoms with Crippen LogP contribution in [0.3, 0.4) is 0 Å². The zero-order valence-electron chi connectivity index (χ0n) is 12.8. The van der Waals surface area contributed by atoms with Gasteiger partial charge in [-0.3, -0.25) is 0 Å². The lowest BCUT2D eigenvalue weighted by atomic mass is 9.84. The van der Waals surface area contributed by atoms with Gasteiger partial charge in [0.2, 0.25) is 0 Å². The zero-order chi connectivity index (χ0) is 15.2. The van der Waals surface area contributed by atoms with Crippen molar-refractivity contribution < 1.29 is 9.53 Å². The van der Waals surface area contributed by atoms with E-state index in [1.807, 2.05) is 18.2 Å². The molecule has 0 bridgehead atoms. The number of esters is 1. The number of hydrogen-bond acceptors (Lipinski definition) is 3. The normalized spacial score (nSPS) is 22.0. The molecule has 0 radical (unpaired) electrons. The second-order valence-corrected chi connectivity index (χ2v) is 6.67. The number of nitrogens with one attached hydrogen (secondary N) is 1. The third kappa shape index (κ3) is 4.55. The van der Waals surface area contributed by atoms with Crippen LogP contribution in [0.15, 0.2) is 22.7 Å². The molecule has 0 spiro atoms. The van der Waals surface area contributed by atoms with Crippen LogP contribution in [0.1, 0.15) is 54.9 Å². The van der Waals surface area contributed by atoms with Crippen LogP contribution in [0.5, 0.6) is 0 Å². The van der Waals surface area contributed by atoms with Gasteiger partial charge >= 0.3 is 5.97 Å². The second kappa shape index (κ2) is 7.95. The first-order chi connectivity index (χ1) is 10.1. The predicted molar refractivity (Wildman–Crippen MR) is 88.4 cm³/mol. The van der Waals surface area contributed by atoms with Crippen molar-refractivity contribution in [3.8, 4) is 0 Å². The molecule has 0 aromatic heterocycles. The lowest BCUT2D eigenvalue weighted by Crippen LogP contribution is -2.33. The Morgan fingerprint density at radius 1 is 1.43 bits per heavy atom. The Kier molecular flexibility index (Phi) is 6.24. The van der Waals surface area contributed by atoms with Crippen LogP contribution in [0, 0.1) is 5.92 Å². The van der Waals surface area contributed by atoms with Crippen LogP contribution in [-0.4, -0.2) is 19.1 Å². The fourth-order valence-electron chi connectivity index (χ4n) is 3.04. The minimum Gasteiger partial charge on any atom is -0.465 e. The summed E-state index contributed by atoms with van der Waals surface area (Å²) >= 11 is 3.55. The van der Waals surface area contributed by atoms with Gasteiger partial charge in [0.1, 0.15) is 0 Å². The highest BCUT2D eigenvalue weighted by Crippen LogP contribution is 2.27. The summed E-state index contributed by atoms with van der Waals surface area (Å²) in [5.41, 5.74) is 1.76. The smallest absolute Gasteiger partial charge is 0.337 e. The standard InChI is InChI=1S/C17H24BrNO2/c1-3-12-5-4-6-15(9-12)19-11-14-8-7-13(10-16(14)18)17(20)21-2/h7-8,10,12,15,19H,3-6,9,11H2,1-2H3. The molecule has 1 fully saturated rings. The third-order valence-electron chi connectivity index (χ3n) is 4.42. The van der Waals surface area contributed by atoms with Crippen molar-refractivity contribution in [2.24, 2.45) is 5.92 Å². The molecule has 1 aliphatic rings. The summed E-state index contributed by atoms with van der Waals surface area (Å²) in [5, 5.41) is 3.66. The van der Waals surface area contributed by atoms with Gasteiger partial charge in [-0.25, -0.2) is 4.79 Å². The zero-order valence-corrected chi connectivity index (χ0v) is 14.4. The molecule has 1 aromatic rings. The Balaban J connectivity index is 1.92. The van der Waals surface area contributed by atoms with Crippen molar-refractivity contribution in [1.29, 1.82) is 0 Å². The van der Waals surface area contributed by atoms with Crippen molar-refractivity contribution in [2.75, 3.05) is 7.11 Å². The van der Waals surface area contributed by atoms with E-state index in [9.17, 15) is 4.79 Å². The Hall–Kier alpha value is -0.870. The van der Waals surface area contributed by atoms with E-state index in [1.165, 1.54) is 44.8 Å². The monoisotopic (exact) mass is 353 g/mol. The first-order valence-electron chi connectivity index (χ1n) is 7.74. The van der Waals surface area contributed by atoms with Gasteiger partial charge in [0.05, 0.1) is 12.7 Å². The molecule has 2 unspecified atom stereocenters. The number of carbonyl (C=O) groups is 1. The molecular weight excluding hydrogens is 330 g/mol. The van der Waals surface area contributed by atoms with Gasteiger partial charge in [-0.05, 0) is 36.5 Å². The maximum atomic E-state index is 11.5. The van der Waals surface area contributed by atoms with E-state index in [4.69, 9.17) is 4.74 Å². The number of hydrogen-bond donors (Lipinski definition) is 1. The first kappa shape index (κ1) is 16.5. The van der Waals surface area contributed by atoms with Crippen molar-refractivity contribution in [3.05, 3.63) is 33.8 Å². The molecule has 1 aromatic carbocycles. The average Bonchev–Trinajstić information content (AvgIpc) is 2.53. The van der Waals surface area contributed by atoms with Gasteiger partial charge in [0, 0.05) is 17.1 Å². The Morgan fingerprint density at radius 2 is 2.24 bits per heavy atom. The third-order valence-corrected chi connectivity index (χ3v) is 5.15. The van der Waals surface area contributed by atoms with Crippen molar-refractivity contribution in [1.82, 2.24) is 5.32 Å². The lowest BCUT2D eigenvalue weighted by Gasteiger charge is -2.29. The molecule has 0 heterocycles. The molecule has 116 valence electrons. The number of ether oxygens (including phenoxy) is 1. The van der Waals surface area contributed by atoms with Crippen molar-refractivity contribution in [2.45, 2.75) is 51.6 Å². The van der Waals surface area contributed by atoms with Gasteiger partial charge in [0.25, 0.3) is 0 Å². The Labute approximate surface area is 135 Å². The number of methoxy groups -OCH3 is 1. The van der Waals surface area contributed by atoms with Crippen LogP contribution in [0.4, 0.5) is 0 Å². The van der Waals surface area contributed by atoms with E-state index in [2.05, 4.69) is 28.2 Å². The molecule has 0 amide bonds. The quantitative estimate of drug-likeness (QED) is 0.802. The SMILES string of the molecule is CCC1CCCC(NCc2ccc(C(=O)OC)cc2Br)C1. The van der Waals surface area contributed by atoms with E-state index in [-0.39, 0.29) is 5.97 Å². The fraction of sp³-hybridized carbons (Fsp3) is 0.588. The van der Waals surface area contributed by atoms with Crippen LogP contribution in [0.2, 0.25) is 0 Å². The van der Waals surface area contributed by atoms with Crippen molar-refractivity contribution in [3.63, 3.8) is 0 Å². The molecule has 0 aliphatic heterocycles. The van der Waals surface area contributed by atoms with Gasteiger partial charge in [-0.2, -0.15) is 0 Å². The summed E-state index contributed by atoms with van der Waals surface area (Å²) in [6.45, 7) is 3.12. The summed E-state index contributed by atoms with van der Waals surface area (Å²) in [4.78, 5) is 11.5. The maximum absolute atomic E-state index is 11.5. The van der Waals surface area contributed by atoms with E-state index < -0.39 is 0 Å². The minimum atomic E-state index is -0.298. The number of benzene rings is 1. The molecule has 0 saturated heterocycles. The van der Waals surface area contributed by atoms with Gasteiger partial charge in [-0.15, -0.1) is 0 Å². The van der Waals surface area contributed by atoms with E-state index in [0.29, 0.717) is 11.6 Å². The Bertz CT molecular complexity index is 490. The van der Waals surface area contributed by atoms with Crippen LogP contribution < -0.4 is 5.32 Å². The van der Waals surface area contributed by atoms with Gasteiger partial charge in [0.15, 0.2) is 0 Å². The molecule has 2 rings (SSSR count). The largest absolute Gasteiger partial charge is 0.465 e. The van der Waals surface area contributed by atoms with Crippen LogP contribution in [-0.2, 0) is 11.3 Å². The summed E-state index contributed by atoms with van der Waals surface area (Å²) in [6, 6.07) is 6.27. The molecule has 1 saturated carbocycles. The fourth-order valence-corrected chi connectivity index (χ4v) is 3.56. The van der Waals surface area contributed by atoms with Crippen molar-refractivity contribution >= 4 is 21.9 Å². The summed E-state index contributed by atoms with van der Waals surface area (Å²) in [7, 11) is 1.40. The number of halogens is 1. The summed E-state index contributed by atoms with van der Waals surface area (Å²) < 4.78 is 5.69. The van der Waals surface area contributed by atoms with E-state index in [0.717, 1.165) is 16.9 Å². The Morgan fingerprint density at radius 3 is 2.90 bits per heavy atom. The highest BCUT2D eigenvalue weighted by molar-refractivity contribution is 9.10. The number of carbonyl (C=O) groups excluding carboxylic acids is 1. The molecule has 2 atom stereocenters. The van der Waals surface area contributed by atoms with E-state index >= 15 is 0 Å². The lowest BCUT2D eigenvalue weighted by molar-refractivity contribution is 0.0600. The molecule has 1 aliphatic carbocycles. The van der Waals surface area contributed by atoms with E-state index in [1.54, 1.807) is 0 Å². The predicted octanol–water partition coefficient (Wildman–Crippen LogP) is 4.29. The molecule has 21 heavy (non-hydrogen) atoms. The molecule has 3 nitrogen and oxygen atoms in total. The summed E-state index contributed by atoms with van der Waals surface area (Å²) in [5.74, 6) is 0.578. The molecular formula is C17H24BrNO2. The molecule has 4 heteroatoms.